The number of nitrogens with two attached hydrogens (primary N) is 1. The van der Waals surface area contributed by atoms with Crippen molar-refractivity contribution in [2.75, 3.05) is 44.3 Å². The lowest BCUT2D eigenvalue weighted by Crippen LogP contribution is -2.49. The molecule has 3 N–H and O–H groups in total. The second-order valence-corrected chi connectivity index (χ2v) is 11.1. The molecule has 41 heavy (non-hydrogen) atoms. The minimum absolute atomic E-state index is 0.0597. The van der Waals surface area contributed by atoms with Gasteiger partial charge in [0.05, 0.1) is 17.0 Å². The zero-order valence-corrected chi connectivity index (χ0v) is 23.1. The second-order valence-electron chi connectivity index (χ2n) is 11.1. The van der Waals surface area contributed by atoms with Crippen molar-refractivity contribution in [1.82, 2.24) is 29.5 Å². The minimum Gasteiger partial charge on any atom is -0.383 e. The molecule has 2 aromatic heterocycles. The first kappa shape index (κ1) is 27.5. The number of nitrogens with one attached hydrogen (secondary N) is 1. The Hall–Kier alpha value is -3.70. The van der Waals surface area contributed by atoms with Gasteiger partial charge in [0.15, 0.2) is 5.65 Å². The molecular weight excluding hydrogens is 529 g/mol. The van der Waals surface area contributed by atoms with Crippen LogP contribution in [0.2, 0.25) is 0 Å². The van der Waals surface area contributed by atoms with Crippen LogP contribution in [0.5, 0.6) is 0 Å². The highest BCUT2D eigenvalue weighted by molar-refractivity contribution is 5.98. The highest BCUT2D eigenvalue weighted by atomic mass is 19.4. The molecule has 1 saturated heterocycles. The van der Waals surface area contributed by atoms with E-state index in [-0.39, 0.29) is 18.2 Å². The van der Waals surface area contributed by atoms with Crippen molar-refractivity contribution in [3.05, 3.63) is 66.0 Å². The number of benzene rings is 2. The number of piperazine rings is 1. The van der Waals surface area contributed by atoms with Gasteiger partial charge in [-0.05, 0) is 56.5 Å². The van der Waals surface area contributed by atoms with E-state index in [4.69, 9.17) is 10.8 Å². The lowest BCUT2D eigenvalue weighted by atomic mass is 9.90. The van der Waals surface area contributed by atoms with Gasteiger partial charge < -0.3 is 16.0 Å². The highest BCUT2D eigenvalue weighted by Crippen LogP contribution is 2.37. The molecule has 8 nitrogen and oxygen atoms in total. The van der Waals surface area contributed by atoms with Crippen LogP contribution in [-0.2, 0) is 12.7 Å². The number of nitrogens with zero attached hydrogens (tertiary/aromatic N) is 6. The molecule has 0 amide bonds. The van der Waals surface area contributed by atoms with Crippen LogP contribution in [-0.4, -0.2) is 68.8 Å². The molecule has 11 heteroatoms. The molecule has 2 aromatic carbocycles. The Morgan fingerprint density at radius 1 is 0.902 bits per heavy atom. The maximum absolute atomic E-state index is 13.4. The second kappa shape index (κ2) is 11.3. The monoisotopic (exact) mass is 564 g/mol. The van der Waals surface area contributed by atoms with Crippen molar-refractivity contribution in [1.29, 1.82) is 0 Å². The van der Waals surface area contributed by atoms with Gasteiger partial charge in [0.1, 0.15) is 17.8 Å². The van der Waals surface area contributed by atoms with Crippen molar-refractivity contribution in [2.24, 2.45) is 0 Å². The number of hydrogen-bond acceptors (Lipinski definition) is 7. The van der Waals surface area contributed by atoms with Crippen LogP contribution in [0.15, 0.2) is 54.9 Å². The molecule has 216 valence electrons. The summed E-state index contributed by atoms with van der Waals surface area (Å²) in [7, 11) is 2.18. The summed E-state index contributed by atoms with van der Waals surface area (Å²) in [5.41, 5.74) is 8.92. The average molecular weight is 565 g/mol. The van der Waals surface area contributed by atoms with Crippen molar-refractivity contribution in [3.63, 3.8) is 0 Å². The van der Waals surface area contributed by atoms with Crippen LogP contribution >= 0.6 is 0 Å². The van der Waals surface area contributed by atoms with E-state index in [2.05, 4.69) is 32.1 Å². The van der Waals surface area contributed by atoms with Crippen LogP contribution in [0.4, 0.5) is 24.7 Å². The van der Waals surface area contributed by atoms with E-state index in [1.54, 1.807) is 6.07 Å². The van der Waals surface area contributed by atoms with Crippen molar-refractivity contribution in [3.8, 4) is 11.3 Å². The number of anilines is 2. The molecule has 0 spiro atoms. The number of alkyl halides is 3. The van der Waals surface area contributed by atoms with E-state index in [1.165, 1.54) is 18.5 Å². The van der Waals surface area contributed by atoms with Crippen LogP contribution in [0.25, 0.3) is 22.3 Å². The van der Waals surface area contributed by atoms with E-state index in [1.807, 2.05) is 28.9 Å². The summed E-state index contributed by atoms with van der Waals surface area (Å²) in [6, 6.07) is 14.0. The van der Waals surface area contributed by atoms with Crippen LogP contribution < -0.4 is 11.1 Å². The number of aromatic nitrogens is 4. The number of nitrogen functional groups attached to an aromatic ring is 1. The Bertz CT molecular complexity index is 1480. The summed E-state index contributed by atoms with van der Waals surface area (Å²) in [6.45, 7) is 4.56. The van der Waals surface area contributed by atoms with E-state index in [9.17, 15) is 13.2 Å². The Balaban J connectivity index is 1.19. The fourth-order valence-corrected chi connectivity index (χ4v) is 6.20. The number of fused-ring (bicyclic) bond motifs is 1. The van der Waals surface area contributed by atoms with E-state index < -0.39 is 11.7 Å². The smallest absolute Gasteiger partial charge is 0.383 e. The van der Waals surface area contributed by atoms with Crippen molar-refractivity contribution in [2.45, 2.75) is 50.5 Å². The molecule has 0 atom stereocenters. The van der Waals surface area contributed by atoms with Crippen molar-refractivity contribution < 1.29 is 13.2 Å². The third-order valence-corrected chi connectivity index (χ3v) is 8.55. The van der Waals surface area contributed by atoms with Crippen LogP contribution in [0.3, 0.4) is 0 Å². The number of rotatable bonds is 6. The third kappa shape index (κ3) is 5.73. The quantitative estimate of drug-likeness (QED) is 0.323. The Kier molecular flexibility index (Phi) is 7.56. The molecule has 2 fully saturated rings. The Morgan fingerprint density at radius 3 is 2.29 bits per heavy atom. The average Bonchev–Trinajstić information content (AvgIpc) is 3.38. The molecule has 1 saturated carbocycles. The first-order chi connectivity index (χ1) is 19.8. The number of hydrogen-bond donors (Lipinski definition) is 2. The molecular formula is C30H35F3N8. The zero-order chi connectivity index (χ0) is 28.6. The van der Waals surface area contributed by atoms with Gasteiger partial charge in [-0.2, -0.15) is 18.3 Å². The lowest BCUT2D eigenvalue weighted by molar-refractivity contribution is -0.138. The predicted molar refractivity (Wildman–Crippen MR) is 154 cm³/mol. The number of likely N-dealkylation sites (N-methyl/N-ethyl adjacent to an activating group) is 1. The SMILES string of the molecule is CN1CCN(C2CCC(n3nc(-c4ccc(NCc5ccccc5C(F)(F)F)cc4)c4c(N)ncnc43)CC2)CC1. The zero-order valence-electron chi connectivity index (χ0n) is 23.1. The van der Waals surface area contributed by atoms with Gasteiger partial charge in [-0.1, -0.05) is 30.3 Å². The van der Waals surface area contributed by atoms with Gasteiger partial charge in [0, 0.05) is 50.0 Å². The normalized spacial score (nSPS) is 20.9. The topological polar surface area (TPSA) is 88.1 Å². The minimum atomic E-state index is -4.40. The van der Waals surface area contributed by atoms with E-state index in [0.717, 1.165) is 74.5 Å². The molecule has 0 unspecified atom stereocenters. The van der Waals surface area contributed by atoms with Crippen LogP contribution in [0, 0.1) is 0 Å². The Labute approximate surface area is 237 Å². The molecule has 0 bridgehead atoms. The first-order valence-electron chi connectivity index (χ1n) is 14.2. The molecule has 2 aliphatic rings. The number of halogens is 3. The molecule has 6 rings (SSSR count). The fraction of sp³-hybridized carbons (Fsp3) is 0.433. The summed E-state index contributed by atoms with van der Waals surface area (Å²) in [5, 5.41) is 8.86. The summed E-state index contributed by atoms with van der Waals surface area (Å²) in [5.74, 6) is 0.383. The standard InChI is InChI=1S/C30H35F3N8/c1-39-14-16-40(17-15-39)23-10-12-24(13-11-23)41-29-26(28(34)36-19-37-29)27(38-41)20-6-8-22(9-7-20)35-18-21-4-2-3-5-25(21)30(31,32)33/h2-9,19,23-24,35H,10-18H2,1H3,(H2,34,36,37). The predicted octanol–water partition coefficient (Wildman–Crippen LogP) is 5.44. The van der Waals surface area contributed by atoms with Gasteiger partial charge in [-0.3, -0.25) is 4.90 Å². The summed E-state index contributed by atoms with van der Waals surface area (Å²) < 4.78 is 42.1. The van der Waals surface area contributed by atoms with E-state index in [0.29, 0.717) is 23.2 Å². The third-order valence-electron chi connectivity index (χ3n) is 8.55. The van der Waals surface area contributed by atoms with Gasteiger partial charge >= 0.3 is 6.18 Å². The molecule has 3 heterocycles. The summed E-state index contributed by atoms with van der Waals surface area (Å²) >= 11 is 0. The van der Waals surface area contributed by atoms with E-state index >= 15 is 0 Å². The first-order valence-corrected chi connectivity index (χ1v) is 14.2. The van der Waals surface area contributed by atoms with Gasteiger partial charge in [0.25, 0.3) is 0 Å². The fourth-order valence-electron chi connectivity index (χ4n) is 6.20. The van der Waals surface area contributed by atoms with Crippen molar-refractivity contribution >= 4 is 22.5 Å². The lowest BCUT2D eigenvalue weighted by Gasteiger charge is -2.41. The van der Waals surface area contributed by atoms with Gasteiger partial charge in [0.2, 0.25) is 0 Å². The Morgan fingerprint density at radius 2 is 1.59 bits per heavy atom. The highest BCUT2D eigenvalue weighted by Gasteiger charge is 2.33. The van der Waals surface area contributed by atoms with Gasteiger partial charge in [-0.25, -0.2) is 14.6 Å². The van der Waals surface area contributed by atoms with Crippen LogP contribution in [0.1, 0.15) is 42.9 Å². The molecule has 0 radical (unpaired) electrons. The largest absolute Gasteiger partial charge is 0.416 e. The summed E-state index contributed by atoms with van der Waals surface area (Å²) in [4.78, 5) is 13.8. The maximum Gasteiger partial charge on any atom is 0.416 e. The van der Waals surface area contributed by atoms with Gasteiger partial charge in [-0.15, -0.1) is 0 Å². The summed E-state index contributed by atoms with van der Waals surface area (Å²) in [6.07, 6.45) is 1.40. The maximum atomic E-state index is 13.4. The molecule has 1 aliphatic carbocycles. The molecule has 1 aliphatic heterocycles. The molecule has 4 aromatic rings.